The highest BCUT2D eigenvalue weighted by molar-refractivity contribution is 5.86. The van der Waals surface area contributed by atoms with E-state index in [4.69, 9.17) is 0 Å². The van der Waals surface area contributed by atoms with E-state index in [0.717, 1.165) is 24.2 Å². The van der Waals surface area contributed by atoms with Crippen molar-refractivity contribution in [3.05, 3.63) is 71.8 Å². The molecule has 2 aromatic carbocycles. The fourth-order valence-corrected chi connectivity index (χ4v) is 3.30. The summed E-state index contributed by atoms with van der Waals surface area (Å²) in [5, 5.41) is 2.77. The number of hydrogen-bond acceptors (Lipinski definition) is 3. The third kappa shape index (κ3) is 4.70. The van der Waals surface area contributed by atoms with Crippen molar-refractivity contribution in [1.82, 2.24) is 15.1 Å². The largest absolute Gasteiger partial charge is 0.347 e. The first-order valence-electron chi connectivity index (χ1n) is 8.97. The molecule has 1 unspecified atom stereocenters. The maximum atomic E-state index is 12.7. The number of likely N-dealkylation sites (N-methyl/N-ethyl adjacent to an activating group) is 1. The molecule has 3 rings (SSSR count). The van der Waals surface area contributed by atoms with Crippen LogP contribution in [0.25, 0.3) is 0 Å². The van der Waals surface area contributed by atoms with Gasteiger partial charge in [-0.05, 0) is 18.2 Å². The predicted molar refractivity (Wildman–Crippen MR) is 102 cm³/mol. The molecule has 0 aliphatic carbocycles. The lowest BCUT2D eigenvalue weighted by Crippen LogP contribution is -2.51. The number of nitrogens with one attached hydrogen (secondary N) is 1. The molecule has 26 heavy (non-hydrogen) atoms. The van der Waals surface area contributed by atoms with Crippen molar-refractivity contribution in [1.29, 1.82) is 0 Å². The smallest absolute Gasteiger partial charge is 0.242 e. The second-order valence-corrected chi connectivity index (χ2v) is 6.71. The van der Waals surface area contributed by atoms with Gasteiger partial charge in [0.05, 0.1) is 19.0 Å². The van der Waals surface area contributed by atoms with Gasteiger partial charge in [0.2, 0.25) is 11.8 Å². The molecule has 1 aliphatic heterocycles. The van der Waals surface area contributed by atoms with E-state index < -0.39 is 0 Å². The second-order valence-electron chi connectivity index (χ2n) is 6.71. The van der Waals surface area contributed by atoms with Crippen molar-refractivity contribution in [2.75, 3.05) is 33.2 Å². The van der Waals surface area contributed by atoms with E-state index >= 15 is 0 Å². The van der Waals surface area contributed by atoms with Crippen LogP contribution in [0.1, 0.15) is 17.2 Å². The molecule has 1 heterocycles. The van der Waals surface area contributed by atoms with Gasteiger partial charge < -0.3 is 15.1 Å². The van der Waals surface area contributed by atoms with E-state index in [-0.39, 0.29) is 24.4 Å². The molecule has 2 aromatic rings. The molecule has 0 radical (unpaired) electrons. The van der Waals surface area contributed by atoms with E-state index in [1.165, 1.54) is 0 Å². The van der Waals surface area contributed by atoms with Gasteiger partial charge in [-0.2, -0.15) is 0 Å². The van der Waals surface area contributed by atoms with E-state index in [0.29, 0.717) is 13.0 Å². The molecule has 0 aromatic heterocycles. The minimum absolute atomic E-state index is 0.0217. The van der Waals surface area contributed by atoms with Crippen LogP contribution < -0.4 is 5.32 Å². The highest BCUT2D eigenvalue weighted by Gasteiger charge is 2.30. The van der Waals surface area contributed by atoms with Crippen molar-refractivity contribution >= 4 is 11.8 Å². The number of nitrogens with zero attached hydrogens (tertiary/aromatic N) is 2. The third-order valence-corrected chi connectivity index (χ3v) is 4.73. The third-order valence-electron chi connectivity index (χ3n) is 4.73. The van der Waals surface area contributed by atoms with Gasteiger partial charge in [-0.25, -0.2) is 0 Å². The quantitative estimate of drug-likeness (QED) is 0.895. The molecule has 2 amide bonds. The molecule has 1 fully saturated rings. The number of benzene rings is 2. The normalized spacial score (nSPS) is 17.7. The number of rotatable bonds is 5. The number of carbonyl (C=O) groups excluding carboxylic acids is 2. The molecule has 136 valence electrons. The Bertz CT molecular complexity index is 733. The Hall–Kier alpha value is -2.66. The highest BCUT2D eigenvalue weighted by atomic mass is 16.2. The Kier molecular flexibility index (Phi) is 6.02. The number of piperazine rings is 1. The van der Waals surface area contributed by atoms with Gasteiger partial charge >= 0.3 is 0 Å². The monoisotopic (exact) mass is 351 g/mol. The molecule has 0 saturated carbocycles. The minimum Gasteiger partial charge on any atom is -0.347 e. The van der Waals surface area contributed by atoms with Crippen molar-refractivity contribution in [2.45, 2.75) is 12.5 Å². The fraction of sp³-hybridized carbons (Fsp3) is 0.333. The van der Waals surface area contributed by atoms with Crippen LogP contribution in [0.15, 0.2) is 60.7 Å². The maximum Gasteiger partial charge on any atom is 0.242 e. The summed E-state index contributed by atoms with van der Waals surface area (Å²) < 4.78 is 0. The molecule has 0 spiro atoms. The van der Waals surface area contributed by atoms with Crippen LogP contribution in [0.3, 0.4) is 0 Å². The molecular formula is C21H25N3O2. The highest BCUT2D eigenvalue weighted by Crippen LogP contribution is 2.24. The van der Waals surface area contributed by atoms with E-state index in [1.807, 2.05) is 53.4 Å². The van der Waals surface area contributed by atoms with Crippen molar-refractivity contribution in [3.8, 4) is 0 Å². The summed E-state index contributed by atoms with van der Waals surface area (Å²) >= 11 is 0. The topological polar surface area (TPSA) is 52.6 Å². The van der Waals surface area contributed by atoms with Crippen molar-refractivity contribution in [3.63, 3.8) is 0 Å². The molecular weight excluding hydrogens is 326 g/mol. The summed E-state index contributed by atoms with van der Waals surface area (Å²) in [4.78, 5) is 29.0. The molecule has 1 saturated heterocycles. The Labute approximate surface area is 154 Å². The Morgan fingerprint density at radius 2 is 1.65 bits per heavy atom. The van der Waals surface area contributed by atoms with Crippen molar-refractivity contribution < 1.29 is 9.59 Å². The van der Waals surface area contributed by atoms with Gasteiger partial charge in [-0.1, -0.05) is 60.7 Å². The van der Waals surface area contributed by atoms with Crippen LogP contribution in [0, 0.1) is 0 Å². The Morgan fingerprint density at radius 3 is 2.35 bits per heavy atom. The average molecular weight is 351 g/mol. The number of carbonyl (C=O) groups is 2. The summed E-state index contributed by atoms with van der Waals surface area (Å²) in [6.07, 6.45) is 0.291. The molecule has 5 heteroatoms. The lowest BCUT2D eigenvalue weighted by Gasteiger charge is -2.40. The van der Waals surface area contributed by atoms with Gasteiger partial charge in [-0.3, -0.25) is 9.59 Å². The molecule has 1 atom stereocenters. The van der Waals surface area contributed by atoms with Crippen LogP contribution in [0.4, 0.5) is 0 Å². The van der Waals surface area contributed by atoms with Crippen molar-refractivity contribution in [2.24, 2.45) is 0 Å². The molecule has 1 aliphatic rings. The second kappa shape index (κ2) is 8.63. The minimum atomic E-state index is -0.130. The standard InChI is InChI=1S/C21H25N3O2/c1-23-12-13-24(19(16-23)18-10-6-3-7-11-18)21(26)15-22-20(25)14-17-8-4-2-5-9-17/h2-11,19H,12-16H2,1H3,(H,22,25). The van der Waals surface area contributed by atoms with Crippen LogP contribution in [0.5, 0.6) is 0 Å². The predicted octanol–water partition coefficient (Wildman–Crippen LogP) is 1.86. The fourth-order valence-electron chi connectivity index (χ4n) is 3.30. The summed E-state index contributed by atoms with van der Waals surface area (Å²) in [6, 6.07) is 19.6. The van der Waals surface area contributed by atoms with E-state index in [1.54, 1.807) is 0 Å². The number of amides is 2. The van der Waals surface area contributed by atoms with Crippen LogP contribution in [-0.2, 0) is 16.0 Å². The SMILES string of the molecule is CN1CCN(C(=O)CNC(=O)Cc2ccccc2)C(c2ccccc2)C1. The Morgan fingerprint density at radius 1 is 1.00 bits per heavy atom. The first kappa shape index (κ1) is 18.1. The van der Waals surface area contributed by atoms with Gasteiger partial charge in [-0.15, -0.1) is 0 Å². The average Bonchev–Trinajstić information content (AvgIpc) is 2.67. The summed E-state index contributed by atoms with van der Waals surface area (Å²) in [7, 11) is 2.07. The molecule has 1 N–H and O–H groups in total. The van der Waals surface area contributed by atoms with Crippen LogP contribution >= 0.6 is 0 Å². The van der Waals surface area contributed by atoms with Gasteiger partial charge in [0.25, 0.3) is 0 Å². The zero-order valence-corrected chi connectivity index (χ0v) is 15.1. The molecule has 5 nitrogen and oxygen atoms in total. The zero-order valence-electron chi connectivity index (χ0n) is 15.1. The summed E-state index contributed by atoms with van der Waals surface area (Å²) in [6.45, 7) is 2.35. The van der Waals surface area contributed by atoms with E-state index in [2.05, 4.69) is 29.4 Å². The number of hydrogen-bond donors (Lipinski definition) is 1. The zero-order chi connectivity index (χ0) is 18.4. The summed E-state index contributed by atoms with van der Waals surface area (Å²) in [5.74, 6) is -0.164. The Balaban J connectivity index is 1.59. The van der Waals surface area contributed by atoms with Gasteiger partial charge in [0, 0.05) is 19.6 Å². The van der Waals surface area contributed by atoms with Gasteiger partial charge in [0.15, 0.2) is 0 Å². The van der Waals surface area contributed by atoms with E-state index in [9.17, 15) is 9.59 Å². The lowest BCUT2D eigenvalue weighted by atomic mass is 10.0. The first-order chi connectivity index (χ1) is 12.6. The van der Waals surface area contributed by atoms with Crippen LogP contribution in [0.2, 0.25) is 0 Å². The summed E-state index contributed by atoms with van der Waals surface area (Å²) in [5.41, 5.74) is 2.07. The first-order valence-corrected chi connectivity index (χ1v) is 8.97. The van der Waals surface area contributed by atoms with Crippen LogP contribution in [-0.4, -0.2) is 54.8 Å². The maximum absolute atomic E-state index is 12.7. The lowest BCUT2D eigenvalue weighted by molar-refractivity contribution is -0.137. The van der Waals surface area contributed by atoms with Gasteiger partial charge in [0.1, 0.15) is 0 Å². The molecule has 0 bridgehead atoms.